The number of aromatic hydroxyl groups is 1. The third-order valence-corrected chi connectivity index (χ3v) is 8.54. The summed E-state index contributed by atoms with van der Waals surface area (Å²) >= 11 is 12.0. The van der Waals surface area contributed by atoms with Crippen molar-refractivity contribution in [3.05, 3.63) is 63.6 Å². The molecule has 0 radical (unpaired) electrons. The van der Waals surface area contributed by atoms with Crippen LogP contribution in [0.4, 0.5) is 0 Å². The fourth-order valence-electron chi connectivity index (χ4n) is 5.87. The lowest BCUT2D eigenvalue weighted by molar-refractivity contribution is -0.131. The number of phenols is 1. The molecular weight excluding hydrogens is 485 g/mol. The van der Waals surface area contributed by atoms with Crippen LogP contribution in [-0.2, 0) is 4.79 Å². The van der Waals surface area contributed by atoms with E-state index in [1.165, 1.54) is 6.07 Å². The molecule has 2 amide bonds. The Bertz CT molecular complexity index is 1100. The number of hydrogen-bond donors (Lipinski definition) is 2. The maximum absolute atomic E-state index is 13.2. The molecule has 3 fully saturated rings. The molecule has 2 aromatic rings. The minimum atomic E-state index is -0.332. The molecule has 0 unspecified atom stereocenters. The zero-order valence-corrected chi connectivity index (χ0v) is 21.1. The van der Waals surface area contributed by atoms with Crippen molar-refractivity contribution in [3.8, 4) is 5.75 Å². The van der Waals surface area contributed by atoms with E-state index < -0.39 is 0 Å². The van der Waals surface area contributed by atoms with Gasteiger partial charge >= 0.3 is 0 Å². The van der Waals surface area contributed by atoms with E-state index >= 15 is 0 Å². The monoisotopic (exact) mass is 515 g/mol. The van der Waals surface area contributed by atoms with Gasteiger partial charge in [-0.15, -0.1) is 0 Å². The summed E-state index contributed by atoms with van der Waals surface area (Å²) in [5.41, 5.74) is 1.43. The smallest absolute Gasteiger partial charge is 0.251 e. The van der Waals surface area contributed by atoms with Gasteiger partial charge in [-0.05, 0) is 86.9 Å². The highest BCUT2D eigenvalue weighted by atomic mass is 35.5. The van der Waals surface area contributed by atoms with Gasteiger partial charge in [-0.1, -0.05) is 41.4 Å². The first-order valence-corrected chi connectivity index (χ1v) is 13.2. The number of carbonyl (C=O) groups excluding carboxylic acids is 2. The van der Waals surface area contributed by atoms with Gasteiger partial charge in [0.25, 0.3) is 5.91 Å². The SMILES string of the molecule is O=C(NCC(=O)N1CC[C@@H](N2CCC(c3ccccc3O)CC2)[C@H]1C1CC1)c1ccc(Cl)c(Cl)c1. The summed E-state index contributed by atoms with van der Waals surface area (Å²) in [5, 5.41) is 13.7. The predicted molar refractivity (Wildman–Crippen MR) is 137 cm³/mol. The van der Waals surface area contributed by atoms with Gasteiger partial charge in [0.05, 0.1) is 22.6 Å². The van der Waals surface area contributed by atoms with Crippen LogP contribution in [-0.4, -0.2) is 65.0 Å². The molecule has 1 saturated carbocycles. The van der Waals surface area contributed by atoms with Gasteiger partial charge in [0, 0.05) is 18.2 Å². The van der Waals surface area contributed by atoms with Gasteiger partial charge in [-0.2, -0.15) is 0 Å². The van der Waals surface area contributed by atoms with Crippen LogP contribution in [0.2, 0.25) is 10.0 Å². The van der Waals surface area contributed by atoms with Crippen molar-refractivity contribution in [1.29, 1.82) is 0 Å². The molecule has 0 spiro atoms. The first-order valence-electron chi connectivity index (χ1n) is 12.5. The van der Waals surface area contributed by atoms with Crippen LogP contribution in [0.25, 0.3) is 0 Å². The molecule has 2 atom stereocenters. The average Bonchev–Trinajstić information content (AvgIpc) is 3.62. The molecule has 0 bridgehead atoms. The van der Waals surface area contributed by atoms with Gasteiger partial charge in [0.2, 0.25) is 5.91 Å². The minimum Gasteiger partial charge on any atom is -0.508 e. The molecule has 2 aliphatic heterocycles. The fraction of sp³-hybridized carbons (Fsp3) is 0.481. The molecular formula is C27H31Cl2N3O3. The van der Waals surface area contributed by atoms with Crippen LogP contribution < -0.4 is 5.32 Å². The van der Waals surface area contributed by atoms with E-state index in [2.05, 4.69) is 10.2 Å². The number of nitrogens with one attached hydrogen (secondary N) is 1. The zero-order chi connectivity index (χ0) is 24.5. The lowest BCUT2D eigenvalue weighted by Gasteiger charge is -2.40. The molecule has 3 aliphatic rings. The highest BCUT2D eigenvalue weighted by Crippen LogP contribution is 2.43. The Balaban J connectivity index is 1.18. The van der Waals surface area contributed by atoms with Crippen molar-refractivity contribution in [2.75, 3.05) is 26.2 Å². The van der Waals surface area contributed by atoms with Crippen molar-refractivity contribution in [2.24, 2.45) is 5.92 Å². The summed E-state index contributed by atoms with van der Waals surface area (Å²) in [7, 11) is 0. The zero-order valence-electron chi connectivity index (χ0n) is 19.6. The highest BCUT2D eigenvalue weighted by Gasteiger charge is 2.48. The quantitative estimate of drug-likeness (QED) is 0.585. The molecule has 2 aromatic carbocycles. The number of halogens is 2. The molecule has 0 aromatic heterocycles. The maximum Gasteiger partial charge on any atom is 0.251 e. The second-order valence-electron chi connectivity index (χ2n) is 9.95. The molecule has 1 aliphatic carbocycles. The number of hydrogen-bond acceptors (Lipinski definition) is 4. The van der Waals surface area contributed by atoms with Crippen LogP contribution in [0.15, 0.2) is 42.5 Å². The number of nitrogens with zero attached hydrogens (tertiary/aromatic N) is 2. The van der Waals surface area contributed by atoms with Gasteiger partial charge in [0.1, 0.15) is 5.75 Å². The third-order valence-electron chi connectivity index (χ3n) is 7.80. The standard InChI is InChI=1S/C27H31Cl2N3O3/c28-21-8-7-19(15-22(21)29)27(35)30-16-25(34)32-14-11-23(26(32)18-5-6-18)31-12-9-17(10-13-31)20-3-1-2-4-24(20)33/h1-4,7-8,15,17-18,23,26,33H,5-6,9-14,16H2,(H,30,35)/t23-,26-/m1/s1. The normalized spacial score (nSPS) is 23.4. The van der Waals surface area contributed by atoms with Gasteiger partial charge in [0.15, 0.2) is 0 Å². The first-order chi connectivity index (χ1) is 16.9. The number of piperidine rings is 1. The van der Waals surface area contributed by atoms with Crippen LogP contribution in [0.5, 0.6) is 5.75 Å². The summed E-state index contributed by atoms with van der Waals surface area (Å²) in [5.74, 6) is 0.960. The highest BCUT2D eigenvalue weighted by molar-refractivity contribution is 6.42. The Morgan fingerprint density at radius 3 is 2.37 bits per heavy atom. The van der Waals surface area contributed by atoms with E-state index in [-0.39, 0.29) is 24.4 Å². The Hall–Kier alpha value is -2.28. The summed E-state index contributed by atoms with van der Waals surface area (Å²) in [4.78, 5) is 30.3. The Morgan fingerprint density at radius 2 is 1.69 bits per heavy atom. The van der Waals surface area contributed by atoms with Gasteiger partial charge in [-0.3, -0.25) is 14.5 Å². The molecule has 8 heteroatoms. The fourth-order valence-corrected chi connectivity index (χ4v) is 6.16. The third kappa shape index (κ3) is 5.30. The van der Waals surface area contributed by atoms with Crippen LogP contribution in [0.3, 0.4) is 0 Å². The number of likely N-dealkylation sites (tertiary alicyclic amines) is 2. The Morgan fingerprint density at radius 1 is 0.943 bits per heavy atom. The van der Waals surface area contributed by atoms with Crippen LogP contribution in [0.1, 0.15) is 53.9 Å². The van der Waals surface area contributed by atoms with E-state index in [0.717, 1.165) is 57.3 Å². The van der Waals surface area contributed by atoms with E-state index in [4.69, 9.17) is 23.2 Å². The summed E-state index contributed by atoms with van der Waals surface area (Å²) in [6.45, 7) is 2.66. The van der Waals surface area contributed by atoms with Crippen molar-refractivity contribution in [2.45, 2.75) is 50.1 Å². The Kier molecular flexibility index (Phi) is 7.24. The van der Waals surface area contributed by atoms with E-state index in [1.54, 1.807) is 18.2 Å². The summed E-state index contributed by atoms with van der Waals surface area (Å²) in [6, 6.07) is 12.9. The molecule has 6 nitrogen and oxygen atoms in total. The summed E-state index contributed by atoms with van der Waals surface area (Å²) < 4.78 is 0. The van der Waals surface area contributed by atoms with Crippen LogP contribution in [0, 0.1) is 5.92 Å². The minimum absolute atomic E-state index is 0.0234. The lowest BCUT2D eigenvalue weighted by Crippen LogP contribution is -2.51. The molecule has 2 N–H and O–H groups in total. The lowest BCUT2D eigenvalue weighted by atomic mass is 9.87. The van der Waals surface area contributed by atoms with Crippen molar-refractivity contribution in [1.82, 2.24) is 15.1 Å². The second kappa shape index (κ2) is 10.4. The van der Waals surface area contributed by atoms with E-state index in [0.29, 0.717) is 39.2 Å². The second-order valence-corrected chi connectivity index (χ2v) is 10.8. The van der Waals surface area contributed by atoms with Gasteiger partial charge < -0.3 is 15.3 Å². The predicted octanol–water partition coefficient (Wildman–Crippen LogP) is 4.69. The van der Waals surface area contributed by atoms with Crippen molar-refractivity contribution < 1.29 is 14.7 Å². The summed E-state index contributed by atoms with van der Waals surface area (Å²) in [6.07, 6.45) is 5.32. The van der Waals surface area contributed by atoms with Crippen LogP contribution >= 0.6 is 23.2 Å². The Labute approximate surface area is 216 Å². The average molecular weight is 516 g/mol. The largest absolute Gasteiger partial charge is 0.508 e. The van der Waals surface area contributed by atoms with Crippen molar-refractivity contribution >= 4 is 35.0 Å². The number of carbonyl (C=O) groups is 2. The molecule has 186 valence electrons. The number of para-hydroxylation sites is 1. The van der Waals surface area contributed by atoms with Crippen molar-refractivity contribution in [3.63, 3.8) is 0 Å². The van der Waals surface area contributed by atoms with E-state index in [9.17, 15) is 14.7 Å². The number of phenolic OH excluding ortho intramolecular Hbond substituents is 1. The molecule has 5 rings (SSSR count). The number of benzene rings is 2. The number of rotatable bonds is 6. The topological polar surface area (TPSA) is 72.9 Å². The van der Waals surface area contributed by atoms with E-state index in [1.807, 2.05) is 23.1 Å². The first kappa shape index (κ1) is 24.4. The number of amides is 2. The maximum atomic E-state index is 13.2. The molecule has 2 saturated heterocycles. The molecule has 2 heterocycles. The molecule has 35 heavy (non-hydrogen) atoms. The van der Waals surface area contributed by atoms with Gasteiger partial charge in [-0.25, -0.2) is 0 Å².